The van der Waals surface area contributed by atoms with Crippen molar-refractivity contribution in [1.29, 1.82) is 0 Å². The number of likely N-dealkylation sites (tertiary alicyclic amines) is 1. The number of rotatable bonds is 10. The maximum atomic E-state index is 12.0. The number of ether oxygens (including phenoxy) is 1. The van der Waals surface area contributed by atoms with E-state index in [1.807, 2.05) is 0 Å². The standard InChI is InChI=1S/C25H44N4O4/c1-26-19-23(33-25(26)32)29-17-16-27(13-5-10-24(30)31)18-22(29)9-4-6-20-11-14-28(15-12-20)21-7-2-3-8-21/h20-23H,2-19H2,1H3,(H,30,31). The third-order valence-corrected chi connectivity index (χ3v) is 8.47. The van der Waals surface area contributed by atoms with E-state index in [2.05, 4.69) is 14.7 Å². The zero-order valence-electron chi connectivity index (χ0n) is 20.5. The van der Waals surface area contributed by atoms with Crippen LogP contribution in [0.5, 0.6) is 0 Å². The van der Waals surface area contributed by atoms with Gasteiger partial charge in [0.15, 0.2) is 6.23 Å². The minimum Gasteiger partial charge on any atom is -0.481 e. The van der Waals surface area contributed by atoms with Gasteiger partial charge in [0, 0.05) is 45.2 Å². The first-order valence-electron chi connectivity index (χ1n) is 13.4. The molecule has 3 aliphatic heterocycles. The molecule has 3 heterocycles. The molecule has 4 rings (SSSR count). The molecule has 0 spiro atoms. The normalized spacial score (nSPS) is 29.1. The van der Waals surface area contributed by atoms with Crippen LogP contribution < -0.4 is 0 Å². The molecule has 0 radical (unpaired) electrons. The van der Waals surface area contributed by atoms with Crippen LogP contribution in [-0.4, -0.2) is 108 Å². The Bertz CT molecular complexity index is 648. The molecule has 0 aromatic heterocycles. The number of amides is 1. The van der Waals surface area contributed by atoms with Gasteiger partial charge in [-0.05, 0) is 64.1 Å². The van der Waals surface area contributed by atoms with E-state index in [-0.39, 0.29) is 18.7 Å². The van der Waals surface area contributed by atoms with E-state index in [9.17, 15) is 9.59 Å². The first kappa shape index (κ1) is 24.7. The molecule has 188 valence electrons. The molecule has 1 saturated carbocycles. The number of hydrogen-bond acceptors (Lipinski definition) is 6. The molecular formula is C25H44N4O4. The number of carboxylic acid groups (broad SMARTS) is 1. The van der Waals surface area contributed by atoms with Crippen molar-refractivity contribution in [3.05, 3.63) is 0 Å². The fraction of sp³-hybridized carbons (Fsp3) is 0.920. The first-order chi connectivity index (χ1) is 16.0. The van der Waals surface area contributed by atoms with Crippen molar-refractivity contribution in [1.82, 2.24) is 19.6 Å². The van der Waals surface area contributed by atoms with Gasteiger partial charge in [-0.3, -0.25) is 9.69 Å². The van der Waals surface area contributed by atoms with Crippen molar-refractivity contribution in [3.63, 3.8) is 0 Å². The summed E-state index contributed by atoms with van der Waals surface area (Å²) in [5.41, 5.74) is 0. The third-order valence-electron chi connectivity index (χ3n) is 8.47. The molecule has 8 nitrogen and oxygen atoms in total. The molecule has 1 N–H and O–H groups in total. The average Bonchev–Trinajstić information content (AvgIpc) is 3.45. The van der Waals surface area contributed by atoms with Gasteiger partial charge in [-0.15, -0.1) is 0 Å². The number of piperidine rings is 1. The lowest BCUT2D eigenvalue weighted by atomic mass is 9.89. The van der Waals surface area contributed by atoms with Crippen LogP contribution in [0.3, 0.4) is 0 Å². The Kier molecular flexibility index (Phi) is 8.88. The van der Waals surface area contributed by atoms with Gasteiger partial charge < -0.3 is 24.5 Å². The smallest absolute Gasteiger partial charge is 0.411 e. The molecule has 0 aromatic carbocycles. The van der Waals surface area contributed by atoms with Crippen LogP contribution in [0.4, 0.5) is 4.79 Å². The summed E-state index contributed by atoms with van der Waals surface area (Å²) in [6.07, 6.45) is 12.5. The summed E-state index contributed by atoms with van der Waals surface area (Å²) in [5, 5.41) is 8.97. The molecule has 2 unspecified atom stereocenters. The molecule has 8 heteroatoms. The van der Waals surface area contributed by atoms with E-state index in [0.717, 1.165) is 44.6 Å². The van der Waals surface area contributed by atoms with E-state index in [1.54, 1.807) is 11.9 Å². The summed E-state index contributed by atoms with van der Waals surface area (Å²) >= 11 is 0. The molecule has 33 heavy (non-hydrogen) atoms. The average molecular weight is 465 g/mol. The van der Waals surface area contributed by atoms with Crippen LogP contribution in [0.1, 0.15) is 70.6 Å². The lowest BCUT2D eigenvalue weighted by Crippen LogP contribution is -2.57. The second kappa shape index (κ2) is 11.8. The van der Waals surface area contributed by atoms with Crippen LogP contribution in [-0.2, 0) is 9.53 Å². The largest absolute Gasteiger partial charge is 0.481 e. The lowest BCUT2D eigenvalue weighted by molar-refractivity contribution is -0.137. The number of aliphatic carboxylic acids is 1. The molecule has 2 atom stereocenters. The number of hydrogen-bond donors (Lipinski definition) is 1. The van der Waals surface area contributed by atoms with E-state index < -0.39 is 5.97 Å². The zero-order chi connectivity index (χ0) is 23.2. The topological polar surface area (TPSA) is 76.6 Å². The Labute approximate surface area is 199 Å². The minimum atomic E-state index is -0.718. The molecule has 3 saturated heterocycles. The van der Waals surface area contributed by atoms with Crippen molar-refractivity contribution in [2.45, 2.75) is 88.9 Å². The molecule has 1 amide bonds. The van der Waals surface area contributed by atoms with Crippen molar-refractivity contribution in [2.75, 3.05) is 52.9 Å². The number of likely N-dealkylation sites (N-methyl/N-ethyl adjacent to an activating group) is 1. The number of piperazine rings is 1. The minimum absolute atomic E-state index is 0.150. The summed E-state index contributed by atoms with van der Waals surface area (Å²) in [5.74, 6) is 0.131. The summed E-state index contributed by atoms with van der Waals surface area (Å²) in [4.78, 5) is 32.1. The molecule has 1 aliphatic carbocycles. The number of cyclic esters (lactones) is 1. The van der Waals surface area contributed by atoms with Crippen molar-refractivity contribution in [2.24, 2.45) is 5.92 Å². The highest BCUT2D eigenvalue weighted by Gasteiger charge is 2.39. The predicted octanol–water partition coefficient (Wildman–Crippen LogP) is 3.07. The molecule has 0 aromatic rings. The van der Waals surface area contributed by atoms with Crippen molar-refractivity contribution in [3.8, 4) is 0 Å². The van der Waals surface area contributed by atoms with E-state index in [4.69, 9.17) is 9.84 Å². The van der Waals surface area contributed by atoms with Gasteiger partial charge in [0.2, 0.25) is 0 Å². The van der Waals surface area contributed by atoms with Gasteiger partial charge in [-0.1, -0.05) is 25.7 Å². The second-order valence-electron chi connectivity index (χ2n) is 10.8. The van der Waals surface area contributed by atoms with Crippen LogP contribution in [0.25, 0.3) is 0 Å². The van der Waals surface area contributed by atoms with Gasteiger partial charge in [-0.25, -0.2) is 4.79 Å². The Morgan fingerprint density at radius 2 is 1.76 bits per heavy atom. The Hall–Kier alpha value is -1.38. The number of carbonyl (C=O) groups is 2. The molecular weight excluding hydrogens is 420 g/mol. The Morgan fingerprint density at radius 3 is 2.42 bits per heavy atom. The molecule has 4 aliphatic rings. The van der Waals surface area contributed by atoms with Crippen LogP contribution >= 0.6 is 0 Å². The van der Waals surface area contributed by atoms with Crippen LogP contribution in [0.2, 0.25) is 0 Å². The van der Waals surface area contributed by atoms with Gasteiger partial charge in [0.05, 0.1) is 6.54 Å². The number of carboxylic acids is 1. The Balaban J connectivity index is 1.24. The van der Waals surface area contributed by atoms with Crippen LogP contribution in [0, 0.1) is 5.92 Å². The number of carbonyl (C=O) groups excluding carboxylic acids is 1. The SMILES string of the molecule is CN1CC(N2CCN(CCCC(=O)O)CC2CCCC2CCN(C3CCCC3)CC2)OC1=O. The van der Waals surface area contributed by atoms with E-state index >= 15 is 0 Å². The summed E-state index contributed by atoms with van der Waals surface area (Å²) in [6.45, 7) is 6.77. The number of nitrogens with zero attached hydrogens (tertiary/aromatic N) is 4. The quantitative estimate of drug-likeness (QED) is 0.532. The highest BCUT2D eigenvalue weighted by atomic mass is 16.6. The molecule has 0 bridgehead atoms. The van der Waals surface area contributed by atoms with Gasteiger partial charge in [-0.2, -0.15) is 0 Å². The lowest BCUT2D eigenvalue weighted by Gasteiger charge is -2.43. The molecule has 4 fully saturated rings. The highest BCUT2D eigenvalue weighted by Crippen LogP contribution is 2.30. The summed E-state index contributed by atoms with van der Waals surface area (Å²) in [7, 11) is 1.80. The van der Waals surface area contributed by atoms with E-state index in [1.165, 1.54) is 64.5 Å². The maximum absolute atomic E-state index is 12.0. The monoisotopic (exact) mass is 464 g/mol. The van der Waals surface area contributed by atoms with Crippen molar-refractivity contribution < 1.29 is 19.4 Å². The zero-order valence-corrected chi connectivity index (χ0v) is 20.5. The second-order valence-corrected chi connectivity index (χ2v) is 10.8. The third kappa shape index (κ3) is 6.83. The first-order valence-corrected chi connectivity index (χ1v) is 13.4. The van der Waals surface area contributed by atoms with Gasteiger partial charge in [0.25, 0.3) is 0 Å². The highest BCUT2D eigenvalue weighted by molar-refractivity contribution is 5.69. The van der Waals surface area contributed by atoms with Crippen molar-refractivity contribution >= 4 is 12.1 Å². The fourth-order valence-corrected chi connectivity index (χ4v) is 6.47. The summed E-state index contributed by atoms with van der Waals surface area (Å²) < 4.78 is 5.66. The van der Waals surface area contributed by atoms with Crippen LogP contribution in [0.15, 0.2) is 0 Å². The van der Waals surface area contributed by atoms with E-state index in [0.29, 0.717) is 19.0 Å². The predicted molar refractivity (Wildman–Crippen MR) is 127 cm³/mol. The van der Waals surface area contributed by atoms with Gasteiger partial charge in [0.1, 0.15) is 0 Å². The van der Waals surface area contributed by atoms with Gasteiger partial charge >= 0.3 is 12.1 Å². The summed E-state index contributed by atoms with van der Waals surface area (Å²) in [6, 6.07) is 1.23. The Morgan fingerprint density at radius 1 is 1.00 bits per heavy atom. The fourth-order valence-electron chi connectivity index (χ4n) is 6.47. The maximum Gasteiger partial charge on any atom is 0.411 e.